The van der Waals surface area contributed by atoms with Crippen LogP contribution < -0.4 is 15.0 Å². The second kappa shape index (κ2) is 5.41. The van der Waals surface area contributed by atoms with Crippen molar-refractivity contribution in [3.05, 3.63) is 24.3 Å². The highest BCUT2D eigenvalue weighted by Crippen LogP contribution is 2.29. The van der Waals surface area contributed by atoms with Crippen LogP contribution in [-0.2, 0) is 0 Å². The molecule has 0 radical (unpaired) electrons. The Morgan fingerprint density at radius 1 is 1.21 bits per heavy atom. The van der Waals surface area contributed by atoms with Crippen LogP contribution in [0.2, 0.25) is 0 Å². The minimum Gasteiger partial charge on any atom is -0.491 e. The highest BCUT2D eigenvalue weighted by molar-refractivity contribution is 5.49. The molecule has 0 bridgehead atoms. The van der Waals surface area contributed by atoms with Gasteiger partial charge in [-0.15, -0.1) is 0 Å². The maximum atomic E-state index is 5.70. The number of piperidine rings is 1. The van der Waals surface area contributed by atoms with E-state index >= 15 is 0 Å². The van der Waals surface area contributed by atoms with E-state index in [-0.39, 0.29) is 6.10 Å². The number of nitrogens with zero attached hydrogens (tertiary/aromatic N) is 1. The van der Waals surface area contributed by atoms with E-state index in [4.69, 9.17) is 4.74 Å². The van der Waals surface area contributed by atoms with E-state index in [1.54, 1.807) is 0 Å². The molecule has 2 heterocycles. The van der Waals surface area contributed by atoms with E-state index in [1.165, 1.54) is 38.2 Å². The van der Waals surface area contributed by atoms with Crippen LogP contribution in [0.15, 0.2) is 24.3 Å². The molecule has 2 fully saturated rings. The van der Waals surface area contributed by atoms with Crippen molar-refractivity contribution in [3.63, 3.8) is 0 Å². The van der Waals surface area contributed by atoms with E-state index < -0.39 is 0 Å². The Bertz CT molecular complexity index is 415. The first-order valence-electron chi connectivity index (χ1n) is 7.47. The van der Waals surface area contributed by atoms with Crippen molar-refractivity contribution in [3.8, 4) is 5.75 Å². The molecule has 0 amide bonds. The Kier molecular flexibility index (Phi) is 3.65. The van der Waals surface area contributed by atoms with Crippen LogP contribution in [0.25, 0.3) is 0 Å². The Hall–Kier alpha value is -1.22. The first kappa shape index (κ1) is 12.8. The average Bonchev–Trinajstić information content (AvgIpc) is 2.86. The van der Waals surface area contributed by atoms with Crippen molar-refractivity contribution >= 4 is 5.69 Å². The van der Waals surface area contributed by atoms with E-state index in [9.17, 15) is 0 Å². The van der Waals surface area contributed by atoms with Gasteiger partial charge in [0.1, 0.15) is 5.75 Å². The summed E-state index contributed by atoms with van der Waals surface area (Å²) in [5.41, 5.74) is 1.33. The smallest absolute Gasteiger partial charge is 0.119 e. The van der Waals surface area contributed by atoms with Gasteiger partial charge in [0.15, 0.2) is 0 Å². The predicted molar refractivity (Wildman–Crippen MR) is 78.9 cm³/mol. The maximum absolute atomic E-state index is 5.70. The van der Waals surface area contributed by atoms with Gasteiger partial charge >= 0.3 is 0 Å². The van der Waals surface area contributed by atoms with Crippen molar-refractivity contribution in [2.24, 2.45) is 5.92 Å². The summed E-state index contributed by atoms with van der Waals surface area (Å²) in [6.07, 6.45) is 2.84. The number of rotatable bonds is 3. The van der Waals surface area contributed by atoms with Gasteiger partial charge in [-0.1, -0.05) is 0 Å². The second-order valence-corrected chi connectivity index (χ2v) is 6.00. The molecule has 2 aliphatic heterocycles. The summed E-state index contributed by atoms with van der Waals surface area (Å²) >= 11 is 0. The summed E-state index contributed by atoms with van der Waals surface area (Å²) in [5, 5.41) is 3.61. The number of anilines is 1. The van der Waals surface area contributed by atoms with Crippen molar-refractivity contribution in [2.45, 2.75) is 38.8 Å². The Morgan fingerprint density at radius 2 is 2.00 bits per heavy atom. The highest BCUT2D eigenvalue weighted by atomic mass is 16.5. The Morgan fingerprint density at radius 3 is 2.74 bits per heavy atom. The van der Waals surface area contributed by atoms with Gasteiger partial charge in [0.25, 0.3) is 0 Å². The Labute approximate surface area is 115 Å². The third-order valence-corrected chi connectivity index (χ3v) is 4.23. The molecule has 104 valence electrons. The van der Waals surface area contributed by atoms with E-state index in [0.29, 0.717) is 0 Å². The van der Waals surface area contributed by atoms with Crippen molar-refractivity contribution in [2.75, 3.05) is 24.5 Å². The standard InChI is InChI=1S/C16H24N2O/c1-12(2)19-15-5-3-14(4-6-15)18-10-8-16-13(11-18)7-9-17-16/h3-6,12-13,16-17H,7-11H2,1-2H3. The van der Waals surface area contributed by atoms with Gasteiger partial charge in [0, 0.05) is 24.8 Å². The molecule has 1 aromatic rings. The molecule has 2 saturated heterocycles. The highest BCUT2D eigenvalue weighted by Gasteiger charge is 2.32. The lowest BCUT2D eigenvalue weighted by atomic mass is 9.93. The van der Waals surface area contributed by atoms with Crippen LogP contribution in [0.1, 0.15) is 26.7 Å². The molecule has 0 saturated carbocycles. The van der Waals surface area contributed by atoms with Crippen LogP contribution in [0.5, 0.6) is 5.75 Å². The summed E-state index contributed by atoms with van der Waals surface area (Å²) in [5.74, 6) is 1.80. The van der Waals surface area contributed by atoms with Gasteiger partial charge in [0.05, 0.1) is 6.10 Å². The lowest BCUT2D eigenvalue weighted by molar-refractivity contribution is 0.242. The quantitative estimate of drug-likeness (QED) is 0.904. The third-order valence-electron chi connectivity index (χ3n) is 4.23. The molecule has 2 atom stereocenters. The number of nitrogens with one attached hydrogen (secondary N) is 1. The molecule has 1 N–H and O–H groups in total. The van der Waals surface area contributed by atoms with Gasteiger partial charge in [-0.2, -0.15) is 0 Å². The molecular formula is C16H24N2O. The zero-order valence-electron chi connectivity index (χ0n) is 11.9. The van der Waals surface area contributed by atoms with E-state index in [0.717, 1.165) is 17.7 Å². The van der Waals surface area contributed by atoms with Crippen molar-refractivity contribution in [1.29, 1.82) is 0 Å². The lowest BCUT2D eigenvalue weighted by Crippen LogP contribution is -2.44. The fraction of sp³-hybridized carbons (Fsp3) is 0.625. The molecule has 0 aliphatic carbocycles. The molecule has 3 heteroatoms. The number of hydrogen-bond donors (Lipinski definition) is 1. The third kappa shape index (κ3) is 2.86. The first-order chi connectivity index (χ1) is 9.22. The zero-order valence-corrected chi connectivity index (χ0v) is 11.9. The molecule has 3 nitrogen and oxygen atoms in total. The molecule has 19 heavy (non-hydrogen) atoms. The topological polar surface area (TPSA) is 24.5 Å². The minimum atomic E-state index is 0.242. The van der Waals surface area contributed by atoms with Gasteiger partial charge in [-0.25, -0.2) is 0 Å². The molecule has 2 aliphatic rings. The molecule has 3 rings (SSSR count). The number of fused-ring (bicyclic) bond motifs is 1. The van der Waals surface area contributed by atoms with E-state index in [2.05, 4.69) is 48.3 Å². The van der Waals surface area contributed by atoms with Crippen LogP contribution >= 0.6 is 0 Å². The Balaban J connectivity index is 1.65. The van der Waals surface area contributed by atoms with E-state index in [1.807, 2.05) is 0 Å². The van der Waals surface area contributed by atoms with Gasteiger partial charge in [-0.3, -0.25) is 0 Å². The first-order valence-corrected chi connectivity index (χ1v) is 7.47. The zero-order chi connectivity index (χ0) is 13.2. The summed E-state index contributed by atoms with van der Waals surface area (Å²) in [7, 11) is 0. The summed E-state index contributed by atoms with van der Waals surface area (Å²) < 4.78 is 5.70. The van der Waals surface area contributed by atoms with Gasteiger partial charge in [0.2, 0.25) is 0 Å². The molecule has 0 aromatic heterocycles. The second-order valence-electron chi connectivity index (χ2n) is 6.00. The fourth-order valence-corrected chi connectivity index (χ4v) is 3.29. The largest absolute Gasteiger partial charge is 0.491 e. The molecule has 1 aromatic carbocycles. The van der Waals surface area contributed by atoms with Crippen molar-refractivity contribution in [1.82, 2.24) is 5.32 Å². The summed E-state index contributed by atoms with van der Waals surface area (Å²) in [4.78, 5) is 2.52. The SMILES string of the molecule is CC(C)Oc1ccc(N2CCC3NCCC3C2)cc1. The number of ether oxygens (including phenoxy) is 1. The molecular weight excluding hydrogens is 236 g/mol. The summed E-state index contributed by atoms with van der Waals surface area (Å²) in [6, 6.07) is 9.34. The summed E-state index contributed by atoms with van der Waals surface area (Å²) in [6.45, 7) is 7.68. The molecule has 0 spiro atoms. The van der Waals surface area contributed by atoms with Gasteiger partial charge < -0.3 is 15.0 Å². The minimum absolute atomic E-state index is 0.242. The van der Waals surface area contributed by atoms with Crippen LogP contribution in [0.4, 0.5) is 5.69 Å². The van der Waals surface area contributed by atoms with Crippen LogP contribution in [0.3, 0.4) is 0 Å². The lowest BCUT2D eigenvalue weighted by Gasteiger charge is -2.36. The maximum Gasteiger partial charge on any atom is 0.119 e. The fourth-order valence-electron chi connectivity index (χ4n) is 3.29. The predicted octanol–water partition coefficient (Wildman–Crippen LogP) is 2.66. The normalized spacial score (nSPS) is 26.6. The van der Waals surface area contributed by atoms with Crippen LogP contribution in [-0.4, -0.2) is 31.8 Å². The molecule has 2 unspecified atom stereocenters. The number of benzene rings is 1. The van der Waals surface area contributed by atoms with Crippen LogP contribution in [0, 0.1) is 5.92 Å². The average molecular weight is 260 g/mol. The number of hydrogen-bond acceptors (Lipinski definition) is 3. The van der Waals surface area contributed by atoms with Gasteiger partial charge in [-0.05, 0) is 63.4 Å². The van der Waals surface area contributed by atoms with Crippen molar-refractivity contribution < 1.29 is 4.74 Å². The monoisotopic (exact) mass is 260 g/mol.